The van der Waals surface area contributed by atoms with Crippen molar-refractivity contribution >= 4 is 52.7 Å². The number of hydrogen-bond donors (Lipinski definition) is 4. The molecule has 0 aliphatic heterocycles. The fourth-order valence-electron chi connectivity index (χ4n) is 3.51. The number of benzene rings is 2. The van der Waals surface area contributed by atoms with Crippen LogP contribution in [0.3, 0.4) is 0 Å². The molecule has 1 unspecified atom stereocenters. The van der Waals surface area contributed by atoms with Gasteiger partial charge in [-0.1, -0.05) is 29.3 Å². The highest BCUT2D eigenvalue weighted by Crippen LogP contribution is 2.20. The maximum atomic E-state index is 12.6. The Hall–Kier alpha value is -4.15. The summed E-state index contributed by atoms with van der Waals surface area (Å²) in [5.74, 6) is -1.77. The van der Waals surface area contributed by atoms with E-state index in [0.717, 1.165) is 5.56 Å². The number of esters is 1. The van der Waals surface area contributed by atoms with Crippen LogP contribution in [-0.4, -0.2) is 48.0 Å². The minimum absolute atomic E-state index is 0.0930. The predicted octanol–water partition coefficient (Wildman–Crippen LogP) is 3.73. The minimum Gasteiger partial charge on any atom is -0.464 e. The molecule has 0 saturated carbocycles. The Morgan fingerprint density at radius 2 is 1.64 bits per heavy atom. The summed E-state index contributed by atoms with van der Waals surface area (Å²) in [4.78, 5) is 53.8. The third-order valence-electron chi connectivity index (χ3n) is 5.26. The van der Waals surface area contributed by atoms with Gasteiger partial charge in [-0.25, -0.2) is 9.59 Å². The summed E-state index contributed by atoms with van der Waals surface area (Å²) in [6.45, 7) is 1.70. The van der Waals surface area contributed by atoms with Gasteiger partial charge in [0.15, 0.2) is 0 Å². The van der Waals surface area contributed by atoms with E-state index in [9.17, 15) is 19.2 Å². The number of halogens is 2. The highest BCUT2D eigenvalue weighted by molar-refractivity contribution is 6.34. The van der Waals surface area contributed by atoms with Crippen molar-refractivity contribution in [2.45, 2.75) is 25.9 Å². The van der Waals surface area contributed by atoms with Gasteiger partial charge in [-0.3, -0.25) is 14.6 Å². The first-order chi connectivity index (χ1) is 18.7. The molecule has 0 spiro atoms. The van der Waals surface area contributed by atoms with Gasteiger partial charge in [0.2, 0.25) is 5.91 Å². The van der Waals surface area contributed by atoms with Crippen molar-refractivity contribution in [3.63, 3.8) is 0 Å². The van der Waals surface area contributed by atoms with E-state index in [1.165, 1.54) is 12.1 Å². The van der Waals surface area contributed by atoms with Gasteiger partial charge in [0.1, 0.15) is 6.04 Å². The quantitative estimate of drug-likeness (QED) is 0.259. The second-order valence-corrected chi connectivity index (χ2v) is 9.15. The summed E-state index contributed by atoms with van der Waals surface area (Å²) in [5.41, 5.74) is 2.13. The van der Waals surface area contributed by atoms with Crippen molar-refractivity contribution in [2.24, 2.45) is 0 Å². The van der Waals surface area contributed by atoms with E-state index < -0.39 is 36.4 Å². The number of carbonyl (C=O) groups excluding carboxylic acids is 4. The first kappa shape index (κ1) is 29.4. The van der Waals surface area contributed by atoms with Crippen molar-refractivity contribution < 1.29 is 23.9 Å². The van der Waals surface area contributed by atoms with Crippen LogP contribution in [0.5, 0.6) is 0 Å². The molecule has 1 aromatic heterocycles. The minimum atomic E-state index is -1.01. The summed E-state index contributed by atoms with van der Waals surface area (Å²) < 4.78 is 5.07. The zero-order chi connectivity index (χ0) is 28.2. The van der Waals surface area contributed by atoms with Crippen LogP contribution in [-0.2, 0) is 27.3 Å². The molecule has 39 heavy (non-hydrogen) atoms. The van der Waals surface area contributed by atoms with Gasteiger partial charge < -0.3 is 26.0 Å². The van der Waals surface area contributed by atoms with Gasteiger partial charge in [-0.05, 0) is 66.6 Å². The van der Waals surface area contributed by atoms with E-state index in [1.54, 1.807) is 61.8 Å². The number of aromatic nitrogens is 1. The molecule has 12 heteroatoms. The van der Waals surface area contributed by atoms with E-state index in [4.69, 9.17) is 27.9 Å². The van der Waals surface area contributed by atoms with E-state index in [1.807, 2.05) is 0 Å². The van der Waals surface area contributed by atoms with Gasteiger partial charge in [0.05, 0.1) is 13.2 Å². The maximum Gasteiger partial charge on any atom is 0.328 e. The molecular formula is C27H27Cl2N5O5. The van der Waals surface area contributed by atoms with Crippen molar-refractivity contribution in [1.82, 2.24) is 20.9 Å². The number of pyridine rings is 1. The molecule has 4 amide bonds. The number of amides is 4. The fourth-order valence-corrected chi connectivity index (χ4v) is 4.08. The maximum absolute atomic E-state index is 12.6. The number of ether oxygens (including phenoxy) is 1. The number of nitrogens with zero attached hydrogens (tertiary/aromatic N) is 1. The average molecular weight is 572 g/mol. The predicted molar refractivity (Wildman–Crippen MR) is 148 cm³/mol. The number of rotatable bonds is 11. The lowest BCUT2D eigenvalue weighted by atomic mass is 10.1. The third kappa shape index (κ3) is 9.91. The van der Waals surface area contributed by atoms with Crippen LogP contribution in [0, 0.1) is 0 Å². The van der Waals surface area contributed by atoms with Crippen LogP contribution in [0.25, 0.3) is 0 Å². The molecule has 2 aromatic carbocycles. The Morgan fingerprint density at radius 1 is 0.923 bits per heavy atom. The smallest absolute Gasteiger partial charge is 0.328 e. The Morgan fingerprint density at radius 3 is 2.33 bits per heavy atom. The lowest BCUT2D eigenvalue weighted by molar-refractivity contribution is -0.147. The standard InChI is InChI=1S/C27H27Cl2N5O5/c1-2-39-26(37)23(12-18-10-20(28)14-21(29)11-18)34-24(35)16-31-25(36)19-4-3-5-22(13-19)33-27(38)32-15-17-6-8-30-9-7-17/h3-11,13-14,23H,2,12,15-16H2,1H3,(H,31,36)(H,34,35)(H2,32,33,38). The van der Waals surface area contributed by atoms with Crippen molar-refractivity contribution in [3.05, 3.63) is 93.7 Å². The van der Waals surface area contributed by atoms with Crippen molar-refractivity contribution in [2.75, 3.05) is 18.5 Å². The molecule has 0 radical (unpaired) electrons. The third-order valence-corrected chi connectivity index (χ3v) is 5.70. The zero-order valence-electron chi connectivity index (χ0n) is 21.0. The molecule has 3 aromatic rings. The summed E-state index contributed by atoms with van der Waals surface area (Å²) in [7, 11) is 0. The van der Waals surface area contributed by atoms with Gasteiger partial charge in [-0.2, -0.15) is 0 Å². The molecule has 0 fully saturated rings. The highest BCUT2D eigenvalue weighted by atomic mass is 35.5. The molecule has 204 valence electrons. The molecule has 3 rings (SSSR count). The summed E-state index contributed by atoms with van der Waals surface area (Å²) >= 11 is 12.1. The van der Waals surface area contributed by atoms with Crippen LogP contribution < -0.4 is 21.3 Å². The second-order valence-electron chi connectivity index (χ2n) is 8.28. The molecule has 0 bridgehead atoms. The van der Waals surface area contributed by atoms with Crippen LogP contribution in [0.15, 0.2) is 67.0 Å². The SMILES string of the molecule is CCOC(=O)C(Cc1cc(Cl)cc(Cl)c1)NC(=O)CNC(=O)c1cccc(NC(=O)NCc2ccncc2)c1. The lowest BCUT2D eigenvalue weighted by Gasteiger charge is -2.18. The lowest BCUT2D eigenvalue weighted by Crippen LogP contribution is -2.47. The molecular weight excluding hydrogens is 545 g/mol. The van der Waals surface area contributed by atoms with Gasteiger partial charge in [0.25, 0.3) is 5.91 Å². The highest BCUT2D eigenvalue weighted by Gasteiger charge is 2.23. The van der Waals surface area contributed by atoms with Gasteiger partial charge >= 0.3 is 12.0 Å². The Balaban J connectivity index is 1.54. The molecule has 0 saturated heterocycles. The monoisotopic (exact) mass is 571 g/mol. The summed E-state index contributed by atoms with van der Waals surface area (Å²) in [6.07, 6.45) is 3.35. The zero-order valence-corrected chi connectivity index (χ0v) is 22.5. The van der Waals surface area contributed by atoms with Crippen molar-refractivity contribution in [3.8, 4) is 0 Å². The first-order valence-corrected chi connectivity index (χ1v) is 12.7. The van der Waals surface area contributed by atoms with E-state index in [-0.39, 0.29) is 18.6 Å². The molecule has 0 aliphatic carbocycles. The van der Waals surface area contributed by atoms with E-state index in [2.05, 4.69) is 26.3 Å². The summed E-state index contributed by atoms with van der Waals surface area (Å²) in [5, 5.41) is 11.2. The number of hydrogen-bond acceptors (Lipinski definition) is 6. The Bertz CT molecular complexity index is 1300. The topological polar surface area (TPSA) is 139 Å². The normalized spacial score (nSPS) is 11.2. The first-order valence-electron chi connectivity index (χ1n) is 12.0. The largest absolute Gasteiger partial charge is 0.464 e. The molecule has 10 nitrogen and oxygen atoms in total. The summed E-state index contributed by atoms with van der Waals surface area (Å²) in [6, 6.07) is 13.2. The number of carbonyl (C=O) groups is 4. The van der Waals surface area contributed by atoms with Crippen LogP contribution >= 0.6 is 23.2 Å². The van der Waals surface area contributed by atoms with Crippen LogP contribution in [0.4, 0.5) is 10.5 Å². The second kappa shape index (κ2) is 14.7. The number of nitrogens with one attached hydrogen (secondary N) is 4. The Labute approximate surface area is 235 Å². The van der Waals surface area contributed by atoms with Crippen LogP contribution in [0.2, 0.25) is 10.0 Å². The van der Waals surface area contributed by atoms with Gasteiger partial charge in [-0.15, -0.1) is 0 Å². The fraction of sp³-hybridized carbons (Fsp3) is 0.222. The van der Waals surface area contributed by atoms with E-state index in [0.29, 0.717) is 27.8 Å². The number of anilines is 1. The molecule has 1 heterocycles. The van der Waals surface area contributed by atoms with Crippen molar-refractivity contribution in [1.29, 1.82) is 0 Å². The average Bonchev–Trinajstić information content (AvgIpc) is 2.90. The molecule has 1 atom stereocenters. The Kier molecular flexibility index (Phi) is 11.1. The van der Waals surface area contributed by atoms with E-state index >= 15 is 0 Å². The van der Waals surface area contributed by atoms with Crippen LogP contribution in [0.1, 0.15) is 28.4 Å². The van der Waals surface area contributed by atoms with Gasteiger partial charge in [0, 0.05) is 46.7 Å². The molecule has 0 aliphatic rings. The molecule has 4 N–H and O–H groups in total. The number of urea groups is 1.